The van der Waals surface area contributed by atoms with Crippen LogP contribution in [0.5, 0.6) is 11.5 Å². The Morgan fingerprint density at radius 1 is 1.02 bits per heavy atom. The second kappa shape index (κ2) is 10.7. The third-order valence-electron chi connectivity index (χ3n) is 7.20. The molecule has 0 radical (unpaired) electrons. The zero-order valence-electron chi connectivity index (χ0n) is 22.1. The maximum atomic E-state index is 15.5. The number of fused-ring (bicyclic) bond motifs is 1. The SMILES string of the molecule is Cc1ccc(S(=O)(=O)n2ccc3c(CO)c(Oc4ccc(F)c(-c5ccn(C6CCCCO6)n5)c4)c(F)cc32)cc1. The van der Waals surface area contributed by atoms with E-state index in [1.54, 1.807) is 29.1 Å². The molecule has 1 atom stereocenters. The molecule has 1 aliphatic rings. The number of aliphatic hydroxyl groups excluding tert-OH is 1. The Hall–Kier alpha value is -4.06. The fraction of sp³-hybridized carbons (Fsp3) is 0.233. The van der Waals surface area contributed by atoms with Crippen LogP contribution in [0.3, 0.4) is 0 Å². The number of halogens is 2. The molecule has 1 unspecified atom stereocenters. The van der Waals surface area contributed by atoms with E-state index < -0.39 is 28.3 Å². The van der Waals surface area contributed by atoms with Gasteiger partial charge in [0.15, 0.2) is 11.6 Å². The Morgan fingerprint density at radius 2 is 1.83 bits per heavy atom. The standard InChI is InChI=1S/C30H27F2N3O5S/c1-19-5-8-21(9-6-19)41(37,38)35-14-11-22-24(18-36)30(26(32)17-28(22)35)40-20-7-10-25(31)23(16-20)27-12-13-34(33-27)29-4-2-3-15-39-29/h5-14,16-17,29,36H,2-4,15,18H2,1H3. The van der Waals surface area contributed by atoms with Crippen molar-refractivity contribution in [3.8, 4) is 22.8 Å². The molecule has 3 aromatic carbocycles. The van der Waals surface area contributed by atoms with Gasteiger partial charge in [0.1, 0.15) is 17.8 Å². The summed E-state index contributed by atoms with van der Waals surface area (Å²) in [5, 5.41) is 15.0. The van der Waals surface area contributed by atoms with Crippen LogP contribution in [0.15, 0.2) is 78.0 Å². The van der Waals surface area contributed by atoms with Crippen LogP contribution in [0.25, 0.3) is 22.2 Å². The summed E-state index contributed by atoms with van der Waals surface area (Å²) in [5.41, 5.74) is 1.52. The molecule has 0 spiro atoms. The maximum absolute atomic E-state index is 15.5. The van der Waals surface area contributed by atoms with Crippen LogP contribution in [-0.4, -0.2) is 33.9 Å². The molecule has 0 aliphatic carbocycles. The minimum atomic E-state index is -4.03. The average molecular weight is 580 g/mol. The number of aryl methyl sites for hydroxylation is 1. The molecule has 3 heterocycles. The summed E-state index contributed by atoms with van der Waals surface area (Å²) in [6.07, 6.45) is 5.64. The first kappa shape index (κ1) is 27.1. The van der Waals surface area contributed by atoms with Crippen molar-refractivity contribution in [2.75, 3.05) is 6.61 Å². The average Bonchev–Trinajstić information content (AvgIpc) is 3.63. The third-order valence-corrected chi connectivity index (χ3v) is 8.90. The van der Waals surface area contributed by atoms with E-state index >= 15 is 4.39 Å². The lowest BCUT2D eigenvalue weighted by atomic mass is 10.1. The first-order chi connectivity index (χ1) is 19.8. The predicted octanol–water partition coefficient (Wildman–Crippen LogP) is 6.31. The van der Waals surface area contributed by atoms with E-state index in [1.165, 1.54) is 42.6 Å². The molecule has 1 saturated heterocycles. The summed E-state index contributed by atoms with van der Waals surface area (Å²) in [6.45, 7) is 1.86. The lowest BCUT2D eigenvalue weighted by Crippen LogP contribution is -2.18. The topological polar surface area (TPSA) is 95.6 Å². The Kier molecular flexibility index (Phi) is 7.10. The third kappa shape index (κ3) is 5.01. The van der Waals surface area contributed by atoms with Gasteiger partial charge in [-0.3, -0.25) is 0 Å². The molecular formula is C30H27F2N3O5S. The maximum Gasteiger partial charge on any atom is 0.268 e. The van der Waals surface area contributed by atoms with E-state index in [1.807, 2.05) is 6.92 Å². The van der Waals surface area contributed by atoms with Crippen LogP contribution >= 0.6 is 0 Å². The largest absolute Gasteiger partial charge is 0.454 e. The van der Waals surface area contributed by atoms with Gasteiger partial charge in [-0.25, -0.2) is 25.9 Å². The highest BCUT2D eigenvalue weighted by Gasteiger charge is 2.24. The number of aromatic nitrogens is 3. The molecule has 1 fully saturated rings. The molecule has 0 saturated carbocycles. The summed E-state index contributed by atoms with van der Waals surface area (Å²) in [6, 6.07) is 14.5. The summed E-state index contributed by atoms with van der Waals surface area (Å²) in [5.74, 6) is -1.59. The number of nitrogens with zero attached hydrogens (tertiary/aromatic N) is 3. The van der Waals surface area contributed by atoms with Crippen molar-refractivity contribution >= 4 is 20.9 Å². The molecule has 1 aliphatic heterocycles. The molecule has 1 N–H and O–H groups in total. The van der Waals surface area contributed by atoms with Gasteiger partial charge in [0, 0.05) is 41.6 Å². The van der Waals surface area contributed by atoms with Gasteiger partial charge in [0.2, 0.25) is 0 Å². The van der Waals surface area contributed by atoms with Gasteiger partial charge in [0.25, 0.3) is 10.0 Å². The minimum absolute atomic E-state index is 0.0446. The highest BCUT2D eigenvalue weighted by atomic mass is 32.2. The van der Waals surface area contributed by atoms with Gasteiger partial charge in [-0.15, -0.1) is 0 Å². The van der Waals surface area contributed by atoms with Crippen LogP contribution in [0.1, 0.15) is 36.6 Å². The highest BCUT2D eigenvalue weighted by molar-refractivity contribution is 7.90. The van der Waals surface area contributed by atoms with Gasteiger partial charge in [0.05, 0.1) is 22.7 Å². The lowest BCUT2D eigenvalue weighted by molar-refractivity contribution is -0.0393. The van der Waals surface area contributed by atoms with Crippen molar-refractivity contribution in [2.45, 2.75) is 43.9 Å². The monoisotopic (exact) mass is 579 g/mol. The van der Waals surface area contributed by atoms with E-state index in [0.717, 1.165) is 34.9 Å². The molecule has 6 rings (SSSR count). The molecule has 8 nitrogen and oxygen atoms in total. The van der Waals surface area contributed by atoms with Crippen molar-refractivity contribution in [3.05, 3.63) is 95.8 Å². The summed E-state index contributed by atoms with van der Waals surface area (Å²) >= 11 is 0. The molecule has 5 aromatic rings. The normalized spacial score (nSPS) is 15.9. The van der Waals surface area contributed by atoms with Crippen LogP contribution in [0.2, 0.25) is 0 Å². The van der Waals surface area contributed by atoms with Crippen molar-refractivity contribution in [1.29, 1.82) is 0 Å². The molecule has 2 aromatic heterocycles. The van der Waals surface area contributed by atoms with Gasteiger partial charge < -0.3 is 14.6 Å². The Bertz CT molecular complexity index is 1840. The molecule has 11 heteroatoms. The fourth-order valence-corrected chi connectivity index (χ4v) is 6.37. The van der Waals surface area contributed by atoms with E-state index in [9.17, 15) is 17.9 Å². The number of aliphatic hydroxyl groups is 1. The zero-order chi connectivity index (χ0) is 28.7. The van der Waals surface area contributed by atoms with Crippen molar-refractivity contribution < 1.29 is 31.8 Å². The predicted molar refractivity (Wildman–Crippen MR) is 148 cm³/mol. The second-order valence-electron chi connectivity index (χ2n) is 9.93. The molecule has 41 heavy (non-hydrogen) atoms. The van der Waals surface area contributed by atoms with E-state index in [-0.39, 0.29) is 39.3 Å². The van der Waals surface area contributed by atoms with E-state index in [2.05, 4.69) is 5.10 Å². The van der Waals surface area contributed by atoms with Gasteiger partial charge in [-0.1, -0.05) is 17.7 Å². The lowest BCUT2D eigenvalue weighted by Gasteiger charge is -2.22. The molecule has 0 bridgehead atoms. The fourth-order valence-electron chi connectivity index (χ4n) is 5.03. The smallest absolute Gasteiger partial charge is 0.268 e. The van der Waals surface area contributed by atoms with Crippen LogP contribution in [0, 0.1) is 18.6 Å². The number of benzene rings is 3. The number of rotatable bonds is 7. The first-order valence-electron chi connectivity index (χ1n) is 13.2. The van der Waals surface area contributed by atoms with E-state index in [0.29, 0.717) is 17.7 Å². The highest BCUT2D eigenvalue weighted by Crippen LogP contribution is 2.38. The quantitative estimate of drug-likeness (QED) is 0.243. The Morgan fingerprint density at radius 3 is 2.56 bits per heavy atom. The number of ether oxygens (including phenoxy) is 2. The Balaban J connectivity index is 1.35. The summed E-state index contributed by atoms with van der Waals surface area (Å²) in [4.78, 5) is 0.0446. The van der Waals surface area contributed by atoms with Gasteiger partial charge in [-0.2, -0.15) is 5.10 Å². The minimum Gasteiger partial charge on any atom is -0.454 e. The van der Waals surface area contributed by atoms with Gasteiger partial charge >= 0.3 is 0 Å². The van der Waals surface area contributed by atoms with Crippen molar-refractivity contribution in [2.24, 2.45) is 0 Å². The Labute approximate surface area is 235 Å². The number of hydrogen-bond acceptors (Lipinski definition) is 6. The molecule has 0 amide bonds. The molecule has 212 valence electrons. The number of hydrogen-bond donors (Lipinski definition) is 1. The summed E-state index contributed by atoms with van der Waals surface area (Å²) in [7, 11) is -4.03. The summed E-state index contributed by atoms with van der Waals surface area (Å²) < 4.78 is 71.2. The van der Waals surface area contributed by atoms with Crippen molar-refractivity contribution in [1.82, 2.24) is 13.8 Å². The zero-order valence-corrected chi connectivity index (χ0v) is 22.9. The molecular weight excluding hydrogens is 552 g/mol. The van der Waals surface area contributed by atoms with Crippen LogP contribution in [0.4, 0.5) is 8.78 Å². The second-order valence-corrected chi connectivity index (χ2v) is 11.7. The van der Waals surface area contributed by atoms with Crippen LogP contribution in [-0.2, 0) is 21.4 Å². The first-order valence-corrected chi connectivity index (χ1v) is 14.6. The van der Waals surface area contributed by atoms with Crippen LogP contribution < -0.4 is 4.74 Å². The van der Waals surface area contributed by atoms with Gasteiger partial charge in [-0.05, 0) is 68.7 Å². The van der Waals surface area contributed by atoms with E-state index in [4.69, 9.17) is 9.47 Å². The van der Waals surface area contributed by atoms with Crippen molar-refractivity contribution in [3.63, 3.8) is 0 Å².